The second kappa shape index (κ2) is 7.27. The number of H-pyrrole nitrogens is 1. The van der Waals surface area contributed by atoms with E-state index in [1.807, 2.05) is 24.3 Å². The number of carbonyl (C=O) groups is 1. The Balaban J connectivity index is 1.34. The van der Waals surface area contributed by atoms with Gasteiger partial charge in [-0.3, -0.25) is 9.89 Å². The van der Waals surface area contributed by atoms with E-state index in [1.54, 1.807) is 6.20 Å². The van der Waals surface area contributed by atoms with Crippen molar-refractivity contribution in [2.45, 2.75) is 44.1 Å². The summed E-state index contributed by atoms with van der Waals surface area (Å²) in [6.07, 6.45) is 6.99. The van der Waals surface area contributed by atoms with Gasteiger partial charge in [-0.2, -0.15) is 5.10 Å². The van der Waals surface area contributed by atoms with Gasteiger partial charge < -0.3 is 14.8 Å². The zero-order valence-electron chi connectivity index (χ0n) is 14.2. The molecule has 0 unspecified atom stereocenters. The number of aromatic nitrogens is 2. The lowest BCUT2D eigenvalue weighted by Crippen LogP contribution is -2.24. The molecule has 2 aliphatic rings. The predicted molar refractivity (Wildman–Crippen MR) is 93.8 cm³/mol. The van der Waals surface area contributed by atoms with Gasteiger partial charge in [0.05, 0.1) is 18.2 Å². The van der Waals surface area contributed by atoms with Crippen LogP contribution in [0.4, 0.5) is 5.69 Å². The molecule has 2 heterocycles. The van der Waals surface area contributed by atoms with Crippen molar-refractivity contribution in [2.75, 3.05) is 18.5 Å². The molecule has 1 saturated heterocycles. The van der Waals surface area contributed by atoms with E-state index in [-0.39, 0.29) is 17.9 Å². The van der Waals surface area contributed by atoms with E-state index in [4.69, 9.17) is 9.47 Å². The largest absolute Gasteiger partial charge is 0.491 e. The SMILES string of the molecule is O=C(Nc1ccc(OC[C@@H]2CCCO2)cc1)[C@H]1CCCc2[nH]ncc21. The van der Waals surface area contributed by atoms with Crippen LogP contribution in [0.2, 0.25) is 0 Å². The average molecular weight is 341 g/mol. The molecule has 25 heavy (non-hydrogen) atoms. The minimum absolute atomic E-state index is 0.0235. The van der Waals surface area contributed by atoms with Crippen LogP contribution in [0.1, 0.15) is 42.9 Å². The number of nitrogens with zero attached hydrogens (tertiary/aromatic N) is 1. The summed E-state index contributed by atoms with van der Waals surface area (Å²) in [7, 11) is 0. The molecule has 2 N–H and O–H groups in total. The van der Waals surface area contributed by atoms with E-state index >= 15 is 0 Å². The number of benzene rings is 1. The first-order chi connectivity index (χ1) is 12.3. The highest BCUT2D eigenvalue weighted by Crippen LogP contribution is 2.31. The van der Waals surface area contributed by atoms with Gasteiger partial charge in [0.1, 0.15) is 12.4 Å². The van der Waals surface area contributed by atoms with Gasteiger partial charge >= 0.3 is 0 Å². The fourth-order valence-electron chi connectivity index (χ4n) is 3.56. The molecule has 0 radical (unpaired) electrons. The van der Waals surface area contributed by atoms with Gasteiger partial charge in [-0.25, -0.2) is 0 Å². The lowest BCUT2D eigenvalue weighted by Gasteiger charge is -2.21. The fraction of sp³-hybridized carbons (Fsp3) is 0.474. The lowest BCUT2D eigenvalue weighted by molar-refractivity contribution is -0.117. The molecule has 1 aliphatic heterocycles. The molecule has 6 heteroatoms. The van der Waals surface area contributed by atoms with Crippen molar-refractivity contribution in [3.8, 4) is 5.75 Å². The number of ether oxygens (including phenoxy) is 2. The second-order valence-electron chi connectivity index (χ2n) is 6.71. The smallest absolute Gasteiger partial charge is 0.232 e. The zero-order chi connectivity index (χ0) is 17.1. The summed E-state index contributed by atoms with van der Waals surface area (Å²) in [6, 6.07) is 7.52. The third kappa shape index (κ3) is 3.69. The number of amides is 1. The van der Waals surface area contributed by atoms with Crippen molar-refractivity contribution in [3.05, 3.63) is 41.7 Å². The number of nitrogens with one attached hydrogen (secondary N) is 2. The average Bonchev–Trinajstić information content (AvgIpc) is 3.32. The molecule has 0 saturated carbocycles. The standard InChI is InChI=1S/C19H23N3O3/c23-19(16-4-1-5-18-17(16)11-20-22-18)21-13-6-8-14(9-7-13)25-12-15-3-2-10-24-15/h6-9,11,15-16H,1-5,10,12H2,(H,20,22)(H,21,23)/t15-,16-/m0/s1. The van der Waals surface area contributed by atoms with Crippen LogP contribution in [0, 0.1) is 0 Å². The number of carbonyl (C=O) groups excluding carboxylic acids is 1. The Kier molecular flexibility index (Phi) is 4.70. The summed E-state index contributed by atoms with van der Waals surface area (Å²) in [5.41, 5.74) is 2.90. The fourth-order valence-corrected chi connectivity index (χ4v) is 3.56. The van der Waals surface area contributed by atoms with E-state index in [1.165, 1.54) is 0 Å². The third-order valence-corrected chi connectivity index (χ3v) is 4.94. The molecule has 4 rings (SSSR count). The maximum absolute atomic E-state index is 12.6. The molecular weight excluding hydrogens is 318 g/mol. The van der Waals surface area contributed by atoms with E-state index in [0.29, 0.717) is 6.61 Å². The number of hydrogen-bond donors (Lipinski definition) is 2. The van der Waals surface area contributed by atoms with Gasteiger partial charge in [-0.15, -0.1) is 0 Å². The van der Waals surface area contributed by atoms with E-state index in [9.17, 15) is 4.79 Å². The Bertz CT molecular complexity index is 720. The second-order valence-corrected chi connectivity index (χ2v) is 6.71. The number of anilines is 1. The molecule has 1 aliphatic carbocycles. The monoisotopic (exact) mass is 341 g/mol. The van der Waals surface area contributed by atoms with Crippen molar-refractivity contribution in [1.29, 1.82) is 0 Å². The summed E-state index contributed by atoms with van der Waals surface area (Å²) < 4.78 is 11.3. The van der Waals surface area contributed by atoms with Crippen LogP contribution in [-0.4, -0.2) is 35.4 Å². The Morgan fingerprint density at radius 2 is 2.16 bits per heavy atom. The van der Waals surface area contributed by atoms with Crippen LogP contribution >= 0.6 is 0 Å². The van der Waals surface area contributed by atoms with Gasteiger partial charge in [0.15, 0.2) is 0 Å². The summed E-state index contributed by atoms with van der Waals surface area (Å²) in [5.74, 6) is 0.691. The first-order valence-electron chi connectivity index (χ1n) is 8.97. The molecule has 0 spiro atoms. The predicted octanol–water partition coefficient (Wildman–Crippen LogP) is 3.03. The quantitative estimate of drug-likeness (QED) is 0.876. The number of rotatable bonds is 5. The molecule has 1 aromatic heterocycles. The van der Waals surface area contributed by atoms with Gasteiger partial charge in [0.25, 0.3) is 0 Å². The molecule has 132 valence electrons. The normalized spacial score (nSPS) is 22.4. The molecule has 1 amide bonds. The van der Waals surface area contributed by atoms with E-state index in [0.717, 1.165) is 61.4 Å². The summed E-state index contributed by atoms with van der Waals surface area (Å²) in [6.45, 7) is 1.41. The minimum atomic E-state index is -0.127. The van der Waals surface area contributed by atoms with E-state index < -0.39 is 0 Å². The van der Waals surface area contributed by atoms with Crippen LogP contribution in [0.15, 0.2) is 30.5 Å². The third-order valence-electron chi connectivity index (χ3n) is 4.94. The molecule has 0 bridgehead atoms. The van der Waals surface area contributed by atoms with Crippen LogP contribution in [0.25, 0.3) is 0 Å². The number of aromatic amines is 1. The van der Waals surface area contributed by atoms with Crippen LogP contribution in [0.3, 0.4) is 0 Å². The molecule has 1 fully saturated rings. The van der Waals surface area contributed by atoms with Crippen molar-refractivity contribution in [1.82, 2.24) is 10.2 Å². The highest BCUT2D eigenvalue weighted by Gasteiger charge is 2.28. The Morgan fingerprint density at radius 1 is 1.28 bits per heavy atom. The van der Waals surface area contributed by atoms with Gasteiger partial charge in [0, 0.05) is 23.6 Å². The highest BCUT2D eigenvalue weighted by molar-refractivity contribution is 5.96. The molecule has 2 atom stereocenters. The molecular formula is C19H23N3O3. The summed E-state index contributed by atoms with van der Waals surface area (Å²) in [4.78, 5) is 12.6. The topological polar surface area (TPSA) is 76.2 Å². The van der Waals surface area contributed by atoms with E-state index in [2.05, 4.69) is 15.5 Å². The van der Waals surface area contributed by atoms with Gasteiger partial charge in [0.2, 0.25) is 5.91 Å². The number of fused-ring (bicyclic) bond motifs is 1. The summed E-state index contributed by atoms with van der Waals surface area (Å²) in [5, 5.41) is 10.1. The van der Waals surface area contributed by atoms with Crippen molar-refractivity contribution in [2.24, 2.45) is 0 Å². The highest BCUT2D eigenvalue weighted by atomic mass is 16.5. The molecule has 1 aromatic carbocycles. The Labute approximate surface area is 146 Å². The number of aryl methyl sites for hydroxylation is 1. The Hall–Kier alpha value is -2.34. The Morgan fingerprint density at radius 3 is 2.96 bits per heavy atom. The first kappa shape index (κ1) is 16.1. The van der Waals surface area contributed by atoms with Crippen molar-refractivity contribution >= 4 is 11.6 Å². The maximum Gasteiger partial charge on any atom is 0.232 e. The van der Waals surface area contributed by atoms with Crippen LogP contribution < -0.4 is 10.1 Å². The lowest BCUT2D eigenvalue weighted by atomic mass is 9.86. The molecule has 6 nitrogen and oxygen atoms in total. The van der Waals surface area contributed by atoms with Gasteiger partial charge in [-0.1, -0.05) is 0 Å². The van der Waals surface area contributed by atoms with Crippen molar-refractivity contribution < 1.29 is 14.3 Å². The first-order valence-corrected chi connectivity index (χ1v) is 8.97. The minimum Gasteiger partial charge on any atom is -0.491 e. The van der Waals surface area contributed by atoms with Crippen molar-refractivity contribution in [3.63, 3.8) is 0 Å². The zero-order valence-corrected chi connectivity index (χ0v) is 14.2. The van der Waals surface area contributed by atoms with Crippen LogP contribution in [-0.2, 0) is 16.0 Å². The van der Waals surface area contributed by atoms with Gasteiger partial charge in [-0.05, 0) is 56.4 Å². The molecule has 2 aromatic rings. The van der Waals surface area contributed by atoms with Crippen LogP contribution in [0.5, 0.6) is 5.75 Å². The number of hydrogen-bond acceptors (Lipinski definition) is 4. The maximum atomic E-state index is 12.6. The summed E-state index contributed by atoms with van der Waals surface area (Å²) >= 11 is 0.